The molecule has 112 valence electrons. The number of amides is 1. The molecular formula is C14H18N4O2S. The highest BCUT2D eigenvalue weighted by Crippen LogP contribution is 2.12. The zero-order chi connectivity index (χ0) is 15.2. The van der Waals surface area contributed by atoms with Crippen LogP contribution in [0, 0.1) is 6.92 Å². The Morgan fingerprint density at radius 3 is 2.90 bits per heavy atom. The summed E-state index contributed by atoms with van der Waals surface area (Å²) in [7, 11) is 0. The maximum absolute atomic E-state index is 11.9. The first kappa shape index (κ1) is 15.1. The second-order valence-corrected chi connectivity index (χ2v) is 5.17. The molecule has 1 amide bonds. The minimum Gasteiger partial charge on any atom is -0.494 e. The molecule has 7 heteroatoms. The zero-order valence-electron chi connectivity index (χ0n) is 11.7. The van der Waals surface area contributed by atoms with Gasteiger partial charge in [-0.2, -0.15) is 0 Å². The van der Waals surface area contributed by atoms with Crippen LogP contribution < -0.4 is 21.5 Å². The van der Waals surface area contributed by atoms with Crippen molar-refractivity contribution in [2.24, 2.45) is 0 Å². The Morgan fingerprint density at radius 1 is 1.38 bits per heavy atom. The van der Waals surface area contributed by atoms with Crippen molar-refractivity contribution in [3.05, 3.63) is 41.3 Å². The third-order valence-electron chi connectivity index (χ3n) is 3.02. The highest BCUT2D eigenvalue weighted by Gasteiger charge is 2.18. The molecule has 0 bridgehead atoms. The number of aliphatic hydroxyl groups is 1. The van der Waals surface area contributed by atoms with Gasteiger partial charge in [0.2, 0.25) is 0 Å². The van der Waals surface area contributed by atoms with Gasteiger partial charge in [0.25, 0.3) is 5.91 Å². The monoisotopic (exact) mass is 306 g/mol. The summed E-state index contributed by atoms with van der Waals surface area (Å²) < 4.78 is 0. The summed E-state index contributed by atoms with van der Waals surface area (Å²) in [6, 6.07) is 7.71. The standard InChI is InChI=1S/C14H18N4O2S/c1-9-4-2-5-10(8-9)16-14(21)18-17-13(20)11-6-3-7-15-12(11)19/h2,4-5,8,15,19H,3,6-7H2,1H3,(H,17,20)(H2,16,18,21). The molecule has 0 fully saturated rings. The second kappa shape index (κ2) is 6.94. The molecule has 1 aromatic carbocycles. The number of aliphatic hydroxyl groups excluding tert-OH is 1. The van der Waals surface area contributed by atoms with Crippen LogP contribution in [0.3, 0.4) is 0 Å². The Balaban J connectivity index is 1.85. The Labute approximate surface area is 128 Å². The van der Waals surface area contributed by atoms with Crippen molar-refractivity contribution in [1.29, 1.82) is 0 Å². The number of hydrazine groups is 1. The van der Waals surface area contributed by atoms with E-state index in [1.165, 1.54) is 0 Å². The van der Waals surface area contributed by atoms with Crippen molar-refractivity contribution in [2.45, 2.75) is 19.8 Å². The molecule has 1 aliphatic heterocycles. The normalized spacial score (nSPS) is 14.1. The van der Waals surface area contributed by atoms with Gasteiger partial charge < -0.3 is 15.7 Å². The number of benzene rings is 1. The summed E-state index contributed by atoms with van der Waals surface area (Å²) in [5.74, 6) is -0.466. The Kier molecular flexibility index (Phi) is 4.99. The van der Waals surface area contributed by atoms with Crippen molar-refractivity contribution in [1.82, 2.24) is 16.2 Å². The van der Waals surface area contributed by atoms with E-state index in [1.54, 1.807) is 0 Å². The highest BCUT2D eigenvalue weighted by molar-refractivity contribution is 7.80. The summed E-state index contributed by atoms with van der Waals surface area (Å²) in [6.07, 6.45) is 1.34. The molecule has 6 nitrogen and oxygen atoms in total. The van der Waals surface area contributed by atoms with Gasteiger partial charge in [0.15, 0.2) is 11.0 Å². The van der Waals surface area contributed by atoms with E-state index in [2.05, 4.69) is 21.5 Å². The van der Waals surface area contributed by atoms with Crippen LogP contribution in [-0.2, 0) is 4.79 Å². The first-order chi connectivity index (χ1) is 10.1. The zero-order valence-corrected chi connectivity index (χ0v) is 12.5. The first-order valence-corrected chi connectivity index (χ1v) is 7.07. The van der Waals surface area contributed by atoms with Gasteiger partial charge in [-0.15, -0.1) is 0 Å². The fraction of sp³-hybridized carbons (Fsp3) is 0.286. The smallest absolute Gasteiger partial charge is 0.270 e. The third kappa shape index (κ3) is 4.35. The van der Waals surface area contributed by atoms with Crippen molar-refractivity contribution < 1.29 is 9.90 Å². The van der Waals surface area contributed by atoms with Crippen LogP contribution >= 0.6 is 12.2 Å². The summed E-state index contributed by atoms with van der Waals surface area (Å²) in [6.45, 7) is 2.65. The summed E-state index contributed by atoms with van der Waals surface area (Å²) in [4.78, 5) is 11.9. The second-order valence-electron chi connectivity index (χ2n) is 4.76. The largest absolute Gasteiger partial charge is 0.494 e. The van der Waals surface area contributed by atoms with Crippen LogP contribution in [0.25, 0.3) is 0 Å². The number of hydrogen-bond acceptors (Lipinski definition) is 4. The van der Waals surface area contributed by atoms with E-state index in [0.29, 0.717) is 18.5 Å². The lowest BCUT2D eigenvalue weighted by Gasteiger charge is -2.18. The molecule has 0 unspecified atom stereocenters. The lowest BCUT2D eigenvalue weighted by molar-refractivity contribution is -0.118. The topological polar surface area (TPSA) is 85.4 Å². The van der Waals surface area contributed by atoms with Gasteiger partial charge in [-0.1, -0.05) is 12.1 Å². The summed E-state index contributed by atoms with van der Waals surface area (Å²) in [5.41, 5.74) is 7.35. The van der Waals surface area contributed by atoms with Crippen molar-refractivity contribution in [3.8, 4) is 0 Å². The molecule has 1 aromatic rings. The van der Waals surface area contributed by atoms with Gasteiger partial charge in [0, 0.05) is 12.2 Å². The molecule has 2 rings (SSSR count). The van der Waals surface area contributed by atoms with E-state index in [9.17, 15) is 9.90 Å². The van der Waals surface area contributed by atoms with Gasteiger partial charge in [0.1, 0.15) is 0 Å². The molecule has 1 heterocycles. The Hall–Kier alpha value is -2.28. The van der Waals surface area contributed by atoms with E-state index in [-0.39, 0.29) is 11.0 Å². The molecule has 0 atom stereocenters. The number of nitrogens with one attached hydrogen (secondary N) is 4. The molecule has 0 saturated heterocycles. The van der Waals surface area contributed by atoms with Crippen LogP contribution in [0.15, 0.2) is 35.7 Å². The van der Waals surface area contributed by atoms with Crippen LogP contribution in [0.4, 0.5) is 5.69 Å². The Morgan fingerprint density at radius 2 is 2.19 bits per heavy atom. The van der Waals surface area contributed by atoms with Gasteiger partial charge in [-0.3, -0.25) is 15.6 Å². The fourth-order valence-corrected chi connectivity index (χ4v) is 2.16. The molecule has 0 saturated carbocycles. The fourth-order valence-electron chi connectivity index (χ4n) is 1.99. The minimum absolute atomic E-state index is 0.0712. The van der Waals surface area contributed by atoms with Gasteiger partial charge in [-0.25, -0.2) is 0 Å². The van der Waals surface area contributed by atoms with Crippen molar-refractivity contribution >= 4 is 28.9 Å². The van der Waals surface area contributed by atoms with Crippen LogP contribution in [0.1, 0.15) is 18.4 Å². The quantitative estimate of drug-likeness (QED) is 0.420. The lowest BCUT2D eigenvalue weighted by atomic mass is 10.1. The molecular weight excluding hydrogens is 288 g/mol. The molecule has 0 radical (unpaired) electrons. The molecule has 0 aliphatic carbocycles. The van der Waals surface area contributed by atoms with Crippen molar-refractivity contribution in [2.75, 3.05) is 11.9 Å². The Bertz CT molecular complexity index is 586. The predicted molar refractivity (Wildman–Crippen MR) is 85.6 cm³/mol. The van der Waals surface area contributed by atoms with Crippen LogP contribution in [-0.4, -0.2) is 22.7 Å². The van der Waals surface area contributed by atoms with E-state index >= 15 is 0 Å². The molecule has 1 aliphatic rings. The average Bonchev–Trinajstić information content (AvgIpc) is 2.45. The number of carbonyl (C=O) groups is 1. The number of hydrogen-bond donors (Lipinski definition) is 5. The molecule has 5 N–H and O–H groups in total. The molecule has 0 aromatic heterocycles. The van der Waals surface area contributed by atoms with E-state index in [4.69, 9.17) is 12.2 Å². The van der Waals surface area contributed by atoms with E-state index < -0.39 is 5.91 Å². The highest BCUT2D eigenvalue weighted by atomic mass is 32.1. The van der Waals surface area contributed by atoms with E-state index in [1.807, 2.05) is 31.2 Å². The van der Waals surface area contributed by atoms with Gasteiger partial charge in [0.05, 0.1) is 5.57 Å². The van der Waals surface area contributed by atoms with Crippen LogP contribution in [0.2, 0.25) is 0 Å². The maximum Gasteiger partial charge on any atom is 0.270 e. The number of carbonyl (C=O) groups excluding carboxylic acids is 1. The van der Waals surface area contributed by atoms with Gasteiger partial charge >= 0.3 is 0 Å². The summed E-state index contributed by atoms with van der Waals surface area (Å²) >= 11 is 5.10. The number of aryl methyl sites for hydroxylation is 1. The number of anilines is 1. The van der Waals surface area contributed by atoms with E-state index in [0.717, 1.165) is 17.7 Å². The third-order valence-corrected chi connectivity index (χ3v) is 3.23. The lowest BCUT2D eigenvalue weighted by Crippen LogP contribution is -2.45. The average molecular weight is 306 g/mol. The van der Waals surface area contributed by atoms with Crippen LogP contribution in [0.5, 0.6) is 0 Å². The minimum atomic E-state index is -0.395. The number of thiocarbonyl (C=S) groups is 1. The maximum atomic E-state index is 11.9. The summed E-state index contributed by atoms with van der Waals surface area (Å²) in [5, 5.41) is 15.6. The molecule has 21 heavy (non-hydrogen) atoms. The predicted octanol–water partition coefficient (Wildman–Crippen LogP) is 1.47. The SMILES string of the molecule is Cc1cccc(NC(=S)NNC(=O)C2=C(O)NCCC2)c1. The first-order valence-electron chi connectivity index (χ1n) is 6.66. The molecule has 0 spiro atoms. The van der Waals surface area contributed by atoms with Crippen molar-refractivity contribution in [3.63, 3.8) is 0 Å². The van der Waals surface area contributed by atoms with Gasteiger partial charge in [-0.05, 0) is 49.7 Å². The number of rotatable bonds is 2.